The molecule has 1 aromatic heterocycles. The number of H-pyrrole nitrogens is 1. The number of hydrogen-bond donors (Lipinski definition) is 2. The minimum absolute atomic E-state index is 0.00116. The Kier molecular flexibility index (Phi) is 2.35. The number of nitrogens with zero attached hydrogens (tertiary/aromatic N) is 1. The van der Waals surface area contributed by atoms with Crippen LogP contribution < -0.4 is 5.56 Å². The molecule has 5 heteroatoms. The molecule has 0 saturated heterocycles. The summed E-state index contributed by atoms with van der Waals surface area (Å²) < 4.78 is 0. The van der Waals surface area contributed by atoms with Crippen molar-refractivity contribution >= 4 is 6.29 Å². The summed E-state index contributed by atoms with van der Waals surface area (Å²) in [6, 6.07) is 0. The minimum Gasteiger partial charge on any atom is -0.391 e. The molecule has 1 aromatic rings. The van der Waals surface area contributed by atoms with Crippen LogP contribution in [0.1, 0.15) is 21.9 Å². The molecule has 0 fully saturated rings. The van der Waals surface area contributed by atoms with Gasteiger partial charge in [0.05, 0.1) is 12.2 Å². The fourth-order valence-electron chi connectivity index (χ4n) is 0.882. The third kappa shape index (κ3) is 1.40. The Morgan fingerprint density at radius 3 is 2.83 bits per heavy atom. The van der Waals surface area contributed by atoms with E-state index in [9.17, 15) is 9.59 Å². The highest BCUT2D eigenvalue weighted by Crippen LogP contribution is 1.96. The van der Waals surface area contributed by atoms with Crippen LogP contribution in [0.4, 0.5) is 0 Å². The molecule has 0 atom stereocenters. The second kappa shape index (κ2) is 3.27. The zero-order valence-corrected chi connectivity index (χ0v) is 6.50. The Labute approximate surface area is 68.1 Å². The molecule has 0 saturated carbocycles. The summed E-state index contributed by atoms with van der Waals surface area (Å²) in [5.74, 6) is 0.360. The van der Waals surface area contributed by atoms with Gasteiger partial charge in [0.2, 0.25) is 0 Å². The second-order valence-electron chi connectivity index (χ2n) is 2.29. The summed E-state index contributed by atoms with van der Waals surface area (Å²) in [7, 11) is 0. The summed E-state index contributed by atoms with van der Waals surface area (Å²) in [4.78, 5) is 27.5. The number of nitrogens with one attached hydrogen (secondary N) is 1. The van der Waals surface area contributed by atoms with Crippen molar-refractivity contribution in [3.8, 4) is 0 Å². The van der Waals surface area contributed by atoms with Crippen LogP contribution in [0.5, 0.6) is 0 Å². The van der Waals surface area contributed by atoms with Crippen molar-refractivity contribution in [2.45, 2.75) is 13.5 Å². The van der Waals surface area contributed by atoms with Crippen LogP contribution in [0.2, 0.25) is 0 Å². The molecule has 0 spiro atoms. The predicted octanol–water partition coefficient (Wildman–Crippen LogP) is -0.617. The van der Waals surface area contributed by atoms with Crippen LogP contribution in [-0.4, -0.2) is 21.4 Å². The number of carbonyl (C=O) groups excluding carboxylic acids is 1. The maximum Gasteiger partial charge on any atom is 0.257 e. The smallest absolute Gasteiger partial charge is 0.257 e. The fraction of sp³-hybridized carbons (Fsp3) is 0.286. The van der Waals surface area contributed by atoms with Gasteiger partial charge in [-0.1, -0.05) is 0 Å². The number of rotatable bonds is 2. The molecule has 0 aliphatic carbocycles. The van der Waals surface area contributed by atoms with Gasteiger partial charge >= 0.3 is 0 Å². The van der Waals surface area contributed by atoms with Crippen LogP contribution in [0.3, 0.4) is 0 Å². The van der Waals surface area contributed by atoms with E-state index in [1.807, 2.05) is 0 Å². The molecule has 0 aliphatic rings. The normalized spacial score (nSPS) is 9.83. The number of aldehydes is 1. The maximum absolute atomic E-state index is 11.0. The Balaban J connectivity index is 3.44. The number of aliphatic hydroxyl groups is 1. The van der Waals surface area contributed by atoms with Gasteiger partial charge in [0.1, 0.15) is 11.5 Å². The van der Waals surface area contributed by atoms with E-state index in [0.29, 0.717) is 12.1 Å². The van der Waals surface area contributed by atoms with E-state index in [1.54, 1.807) is 6.92 Å². The van der Waals surface area contributed by atoms with Gasteiger partial charge < -0.3 is 10.1 Å². The molecule has 5 nitrogen and oxygen atoms in total. The lowest BCUT2D eigenvalue weighted by molar-refractivity contribution is 0.111. The maximum atomic E-state index is 11.0. The van der Waals surface area contributed by atoms with E-state index in [4.69, 9.17) is 5.11 Å². The van der Waals surface area contributed by atoms with E-state index < -0.39 is 12.2 Å². The molecular weight excluding hydrogens is 160 g/mol. The SMILES string of the molecule is Cc1nc(C=O)c(CO)c(=O)[nH]1. The first kappa shape index (κ1) is 8.61. The highest BCUT2D eigenvalue weighted by molar-refractivity contribution is 5.73. The van der Waals surface area contributed by atoms with Crippen LogP contribution >= 0.6 is 0 Å². The van der Waals surface area contributed by atoms with E-state index in [0.717, 1.165) is 0 Å². The average Bonchev–Trinajstić information content (AvgIpc) is 2.03. The zero-order valence-electron chi connectivity index (χ0n) is 6.50. The zero-order chi connectivity index (χ0) is 9.14. The van der Waals surface area contributed by atoms with E-state index in [2.05, 4.69) is 9.97 Å². The first-order valence-electron chi connectivity index (χ1n) is 3.35. The molecule has 1 heterocycles. The Morgan fingerprint density at radius 2 is 2.33 bits per heavy atom. The molecule has 0 amide bonds. The van der Waals surface area contributed by atoms with Gasteiger partial charge in [-0.05, 0) is 6.92 Å². The van der Waals surface area contributed by atoms with Crippen molar-refractivity contribution < 1.29 is 9.90 Å². The fourth-order valence-corrected chi connectivity index (χ4v) is 0.882. The molecule has 0 bridgehead atoms. The predicted molar refractivity (Wildman–Crippen MR) is 40.9 cm³/mol. The molecule has 1 rings (SSSR count). The van der Waals surface area contributed by atoms with Crippen LogP contribution in [-0.2, 0) is 6.61 Å². The van der Waals surface area contributed by atoms with Crippen molar-refractivity contribution in [1.82, 2.24) is 9.97 Å². The highest BCUT2D eigenvalue weighted by atomic mass is 16.3. The van der Waals surface area contributed by atoms with E-state index >= 15 is 0 Å². The van der Waals surface area contributed by atoms with Crippen LogP contribution in [0.25, 0.3) is 0 Å². The number of hydrogen-bond acceptors (Lipinski definition) is 4. The lowest BCUT2D eigenvalue weighted by atomic mass is 10.2. The van der Waals surface area contributed by atoms with Gasteiger partial charge in [0, 0.05) is 0 Å². The van der Waals surface area contributed by atoms with Crippen molar-refractivity contribution in [2.75, 3.05) is 0 Å². The standard InChI is InChI=1S/C7H8N2O3/c1-4-8-6(3-11)5(2-10)7(12)9-4/h3,10H,2H2,1H3,(H,8,9,12). The van der Waals surface area contributed by atoms with Gasteiger partial charge in [-0.2, -0.15) is 0 Å². The third-order valence-corrected chi connectivity index (χ3v) is 1.44. The molecule has 0 radical (unpaired) electrons. The second-order valence-corrected chi connectivity index (χ2v) is 2.29. The molecular formula is C7H8N2O3. The number of aliphatic hydroxyl groups excluding tert-OH is 1. The van der Waals surface area contributed by atoms with Gasteiger partial charge in [0.15, 0.2) is 6.29 Å². The van der Waals surface area contributed by atoms with Gasteiger partial charge in [-0.25, -0.2) is 4.98 Å². The van der Waals surface area contributed by atoms with Crippen molar-refractivity contribution in [3.63, 3.8) is 0 Å². The lowest BCUT2D eigenvalue weighted by Crippen LogP contribution is -2.18. The summed E-state index contributed by atoms with van der Waals surface area (Å²) in [6.45, 7) is 1.09. The van der Waals surface area contributed by atoms with Crippen LogP contribution in [0, 0.1) is 6.92 Å². The molecule has 0 aromatic carbocycles. The monoisotopic (exact) mass is 168 g/mol. The van der Waals surface area contributed by atoms with E-state index in [1.165, 1.54) is 0 Å². The molecule has 2 N–H and O–H groups in total. The number of aromatic amines is 1. The molecule has 64 valence electrons. The number of aryl methyl sites for hydroxylation is 1. The number of carbonyl (C=O) groups is 1. The highest BCUT2D eigenvalue weighted by Gasteiger charge is 2.07. The minimum atomic E-state index is -0.476. The summed E-state index contributed by atoms with van der Waals surface area (Å²) in [5.41, 5.74) is -0.457. The van der Waals surface area contributed by atoms with Crippen molar-refractivity contribution in [1.29, 1.82) is 0 Å². The Morgan fingerprint density at radius 1 is 1.67 bits per heavy atom. The average molecular weight is 168 g/mol. The lowest BCUT2D eigenvalue weighted by Gasteiger charge is -1.99. The van der Waals surface area contributed by atoms with E-state index in [-0.39, 0.29) is 11.3 Å². The Hall–Kier alpha value is -1.49. The number of aromatic nitrogens is 2. The van der Waals surface area contributed by atoms with Gasteiger partial charge in [0.25, 0.3) is 5.56 Å². The third-order valence-electron chi connectivity index (χ3n) is 1.44. The summed E-state index contributed by atoms with van der Waals surface area (Å²) in [5, 5.41) is 8.70. The van der Waals surface area contributed by atoms with Crippen molar-refractivity contribution in [3.05, 3.63) is 27.4 Å². The first-order valence-corrected chi connectivity index (χ1v) is 3.35. The van der Waals surface area contributed by atoms with Gasteiger partial charge in [-0.15, -0.1) is 0 Å². The molecule has 12 heavy (non-hydrogen) atoms. The quantitative estimate of drug-likeness (QED) is 0.576. The first-order chi connectivity index (χ1) is 5.69. The molecule has 0 unspecified atom stereocenters. The summed E-state index contributed by atoms with van der Waals surface area (Å²) >= 11 is 0. The summed E-state index contributed by atoms with van der Waals surface area (Å²) in [6.07, 6.45) is 0.452. The van der Waals surface area contributed by atoms with Crippen molar-refractivity contribution in [2.24, 2.45) is 0 Å². The van der Waals surface area contributed by atoms with Crippen LogP contribution in [0.15, 0.2) is 4.79 Å². The van der Waals surface area contributed by atoms with Gasteiger partial charge in [-0.3, -0.25) is 9.59 Å². The molecule has 0 aliphatic heterocycles. The Bertz CT molecular complexity index is 356. The topological polar surface area (TPSA) is 83.0 Å². The largest absolute Gasteiger partial charge is 0.391 e.